The van der Waals surface area contributed by atoms with E-state index in [9.17, 15) is 8.78 Å². The molecule has 2 heterocycles. The van der Waals surface area contributed by atoms with Crippen LogP contribution in [0.5, 0.6) is 0 Å². The number of morpholine rings is 1. The van der Waals surface area contributed by atoms with Crippen LogP contribution >= 0.6 is 11.8 Å². The van der Waals surface area contributed by atoms with Crippen LogP contribution < -0.4 is 4.90 Å². The van der Waals surface area contributed by atoms with Crippen molar-refractivity contribution in [2.75, 3.05) is 31.2 Å². The van der Waals surface area contributed by atoms with E-state index >= 15 is 0 Å². The van der Waals surface area contributed by atoms with Gasteiger partial charge in [-0.3, -0.25) is 4.57 Å². The van der Waals surface area contributed by atoms with Gasteiger partial charge < -0.3 is 9.64 Å². The first kappa shape index (κ1) is 19.8. The number of nitrogens with zero attached hydrogens (tertiary/aromatic N) is 4. The van der Waals surface area contributed by atoms with E-state index in [0.29, 0.717) is 23.9 Å². The van der Waals surface area contributed by atoms with E-state index in [4.69, 9.17) is 4.74 Å². The molecule has 0 saturated carbocycles. The largest absolute Gasteiger partial charge is 0.378 e. The molecule has 2 aromatic carbocycles. The molecule has 0 aliphatic carbocycles. The summed E-state index contributed by atoms with van der Waals surface area (Å²) < 4.78 is 35.0. The molecule has 0 spiro atoms. The van der Waals surface area contributed by atoms with E-state index < -0.39 is 11.6 Å². The van der Waals surface area contributed by atoms with Crippen LogP contribution in [0.15, 0.2) is 47.6 Å². The quantitative estimate of drug-likeness (QED) is 0.571. The molecule has 5 nitrogen and oxygen atoms in total. The van der Waals surface area contributed by atoms with Gasteiger partial charge in [-0.1, -0.05) is 30.0 Å². The van der Waals surface area contributed by atoms with Gasteiger partial charge in [-0.15, -0.1) is 10.2 Å². The van der Waals surface area contributed by atoms with Crippen molar-refractivity contribution in [3.05, 3.63) is 65.2 Å². The number of hydrogen-bond donors (Lipinski definition) is 0. The highest BCUT2D eigenvalue weighted by atomic mass is 32.2. The standard InChI is InChI=1S/C21H22F2N4OS/c1-14-4-3-5-17(12-14)27-20(26-8-10-28-11-9-26)24-25-21(27)29-15(2)18-7-6-16(22)13-19(18)23/h3-7,12-13,15H,8-11H2,1-2H3. The average Bonchev–Trinajstić information content (AvgIpc) is 3.12. The molecular formula is C21H22F2N4OS. The van der Waals surface area contributed by atoms with Crippen molar-refractivity contribution in [3.63, 3.8) is 0 Å². The van der Waals surface area contributed by atoms with Crippen molar-refractivity contribution in [1.82, 2.24) is 14.8 Å². The lowest BCUT2D eigenvalue weighted by molar-refractivity contribution is 0.122. The number of ether oxygens (including phenoxy) is 1. The summed E-state index contributed by atoms with van der Waals surface area (Å²) in [5, 5.41) is 9.24. The number of benzene rings is 2. The topological polar surface area (TPSA) is 43.2 Å². The van der Waals surface area contributed by atoms with E-state index in [-0.39, 0.29) is 5.25 Å². The Balaban J connectivity index is 1.71. The Hall–Kier alpha value is -2.45. The van der Waals surface area contributed by atoms with Crippen LogP contribution in [0.4, 0.5) is 14.7 Å². The van der Waals surface area contributed by atoms with Gasteiger partial charge in [0, 0.05) is 30.0 Å². The summed E-state index contributed by atoms with van der Waals surface area (Å²) >= 11 is 1.40. The molecule has 0 N–H and O–H groups in total. The number of aromatic nitrogens is 3. The Bertz CT molecular complexity index is 1000. The summed E-state index contributed by atoms with van der Waals surface area (Å²) in [4.78, 5) is 2.14. The fraction of sp³-hybridized carbons (Fsp3) is 0.333. The van der Waals surface area contributed by atoms with Crippen LogP contribution in [0, 0.1) is 18.6 Å². The predicted octanol–water partition coefficient (Wildman–Crippen LogP) is 4.54. The second-order valence-electron chi connectivity index (χ2n) is 6.98. The molecule has 8 heteroatoms. The van der Waals surface area contributed by atoms with Crippen molar-refractivity contribution in [2.45, 2.75) is 24.3 Å². The molecule has 3 aromatic rings. The summed E-state index contributed by atoms with van der Waals surface area (Å²) in [6, 6.07) is 11.8. The maximum atomic E-state index is 14.3. The molecule has 0 amide bonds. The molecule has 0 bridgehead atoms. The lowest BCUT2D eigenvalue weighted by atomic mass is 10.1. The molecule has 1 aromatic heterocycles. The van der Waals surface area contributed by atoms with Gasteiger partial charge >= 0.3 is 0 Å². The van der Waals surface area contributed by atoms with E-state index in [2.05, 4.69) is 21.2 Å². The zero-order valence-electron chi connectivity index (χ0n) is 16.3. The van der Waals surface area contributed by atoms with Crippen LogP contribution in [-0.4, -0.2) is 41.1 Å². The Morgan fingerprint density at radius 3 is 2.59 bits per heavy atom. The number of thioether (sulfide) groups is 1. The van der Waals surface area contributed by atoms with Crippen LogP contribution in [0.1, 0.15) is 23.3 Å². The minimum Gasteiger partial charge on any atom is -0.378 e. The lowest BCUT2D eigenvalue weighted by Gasteiger charge is -2.28. The second-order valence-corrected chi connectivity index (χ2v) is 8.29. The summed E-state index contributed by atoms with van der Waals surface area (Å²) in [6.45, 7) is 6.66. The number of hydrogen-bond acceptors (Lipinski definition) is 5. The third-order valence-corrected chi connectivity index (χ3v) is 5.94. The fourth-order valence-electron chi connectivity index (χ4n) is 3.35. The zero-order valence-corrected chi connectivity index (χ0v) is 17.1. The highest BCUT2D eigenvalue weighted by Gasteiger charge is 2.24. The van der Waals surface area contributed by atoms with E-state index in [0.717, 1.165) is 36.4 Å². The molecular weight excluding hydrogens is 394 g/mol. The predicted molar refractivity (Wildman–Crippen MR) is 110 cm³/mol. The van der Waals surface area contributed by atoms with Crippen molar-refractivity contribution < 1.29 is 13.5 Å². The third-order valence-electron chi connectivity index (χ3n) is 4.85. The summed E-state index contributed by atoms with van der Waals surface area (Å²) in [5.41, 5.74) is 2.51. The van der Waals surface area contributed by atoms with Crippen molar-refractivity contribution >= 4 is 17.7 Å². The van der Waals surface area contributed by atoms with Gasteiger partial charge in [0.2, 0.25) is 5.95 Å². The van der Waals surface area contributed by atoms with Crippen LogP contribution in [0.25, 0.3) is 5.69 Å². The van der Waals surface area contributed by atoms with E-state index in [1.54, 1.807) is 0 Å². The van der Waals surface area contributed by atoms with Gasteiger partial charge in [-0.25, -0.2) is 8.78 Å². The normalized spacial score (nSPS) is 15.5. The maximum absolute atomic E-state index is 14.3. The molecule has 0 radical (unpaired) electrons. The number of halogens is 2. The summed E-state index contributed by atoms with van der Waals surface area (Å²) in [5.74, 6) is -0.394. The zero-order chi connectivity index (χ0) is 20.4. The molecule has 1 aliphatic rings. The summed E-state index contributed by atoms with van der Waals surface area (Å²) in [6.07, 6.45) is 0. The number of aryl methyl sites for hydroxylation is 1. The maximum Gasteiger partial charge on any atom is 0.232 e. The molecule has 1 atom stereocenters. The van der Waals surface area contributed by atoms with Gasteiger partial charge in [-0.05, 0) is 37.6 Å². The Morgan fingerprint density at radius 1 is 1.07 bits per heavy atom. The Morgan fingerprint density at radius 2 is 1.86 bits per heavy atom. The second kappa shape index (κ2) is 8.51. The summed E-state index contributed by atoms with van der Waals surface area (Å²) in [7, 11) is 0. The highest BCUT2D eigenvalue weighted by Crippen LogP contribution is 2.38. The SMILES string of the molecule is Cc1cccc(-n2c(SC(C)c3ccc(F)cc3F)nnc2N2CCOCC2)c1. The molecule has 29 heavy (non-hydrogen) atoms. The van der Waals surface area contributed by atoms with E-state index in [1.807, 2.05) is 36.6 Å². The minimum absolute atomic E-state index is 0.263. The molecule has 4 rings (SSSR count). The molecule has 1 saturated heterocycles. The fourth-order valence-corrected chi connectivity index (χ4v) is 4.37. The van der Waals surface area contributed by atoms with Gasteiger partial charge in [0.25, 0.3) is 0 Å². The monoisotopic (exact) mass is 416 g/mol. The molecule has 1 fully saturated rings. The third kappa shape index (κ3) is 4.28. The van der Waals surface area contributed by atoms with Gasteiger partial charge in [-0.2, -0.15) is 0 Å². The van der Waals surface area contributed by atoms with Gasteiger partial charge in [0.05, 0.1) is 18.9 Å². The van der Waals surface area contributed by atoms with Crippen molar-refractivity contribution in [1.29, 1.82) is 0 Å². The van der Waals surface area contributed by atoms with Crippen molar-refractivity contribution in [2.24, 2.45) is 0 Å². The van der Waals surface area contributed by atoms with Crippen LogP contribution in [0.3, 0.4) is 0 Å². The Kier molecular flexibility index (Phi) is 5.82. The number of anilines is 1. The first-order valence-electron chi connectivity index (χ1n) is 9.49. The van der Waals surface area contributed by atoms with E-state index in [1.165, 1.54) is 23.9 Å². The first-order chi connectivity index (χ1) is 14.0. The average molecular weight is 416 g/mol. The lowest BCUT2D eigenvalue weighted by Crippen LogP contribution is -2.37. The number of rotatable bonds is 5. The van der Waals surface area contributed by atoms with Crippen LogP contribution in [0.2, 0.25) is 0 Å². The smallest absolute Gasteiger partial charge is 0.232 e. The van der Waals surface area contributed by atoms with Gasteiger partial charge in [0.15, 0.2) is 5.16 Å². The highest BCUT2D eigenvalue weighted by molar-refractivity contribution is 7.99. The molecule has 152 valence electrons. The first-order valence-corrected chi connectivity index (χ1v) is 10.4. The van der Waals surface area contributed by atoms with Crippen molar-refractivity contribution in [3.8, 4) is 5.69 Å². The minimum atomic E-state index is -0.582. The Labute approximate surface area is 172 Å². The van der Waals surface area contributed by atoms with Crippen LogP contribution in [-0.2, 0) is 4.74 Å². The molecule has 1 unspecified atom stereocenters. The van der Waals surface area contributed by atoms with Gasteiger partial charge in [0.1, 0.15) is 11.6 Å². The molecule has 1 aliphatic heterocycles.